The summed E-state index contributed by atoms with van der Waals surface area (Å²) < 4.78 is 5.66. The number of hydrogen-bond donors (Lipinski definition) is 1. The number of rotatable bonds is 6. The molecule has 2 aromatic rings. The highest BCUT2D eigenvalue weighted by molar-refractivity contribution is 6.30. The summed E-state index contributed by atoms with van der Waals surface area (Å²) in [5.41, 5.74) is 10.0. The molecule has 0 fully saturated rings. The summed E-state index contributed by atoms with van der Waals surface area (Å²) in [7, 11) is 1.72. The average Bonchev–Trinajstić information content (AvgIpc) is 2.95. The molecular formula is C19H26ClN5O. The lowest BCUT2D eigenvalue weighted by Gasteiger charge is -2.21. The summed E-state index contributed by atoms with van der Waals surface area (Å²) in [5, 5.41) is 0.461. The molecule has 1 aliphatic rings. The molecule has 0 radical (unpaired) electrons. The van der Waals surface area contributed by atoms with Gasteiger partial charge in [-0.05, 0) is 19.8 Å². The molecule has 0 amide bonds. The van der Waals surface area contributed by atoms with E-state index in [2.05, 4.69) is 35.6 Å². The van der Waals surface area contributed by atoms with Gasteiger partial charge in [0.15, 0.2) is 0 Å². The summed E-state index contributed by atoms with van der Waals surface area (Å²) in [6, 6.07) is 0. The van der Waals surface area contributed by atoms with Crippen LogP contribution in [-0.2, 0) is 13.0 Å². The van der Waals surface area contributed by atoms with Gasteiger partial charge < -0.3 is 15.4 Å². The number of ether oxygens (including phenoxy) is 1. The number of pyridine rings is 1. The van der Waals surface area contributed by atoms with Crippen LogP contribution in [0.25, 0.3) is 0 Å². The van der Waals surface area contributed by atoms with E-state index in [0.717, 1.165) is 59.8 Å². The molecule has 1 atom stereocenters. The van der Waals surface area contributed by atoms with E-state index >= 15 is 0 Å². The van der Waals surface area contributed by atoms with E-state index in [1.54, 1.807) is 7.11 Å². The molecule has 0 saturated heterocycles. The highest BCUT2D eigenvalue weighted by Gasteiger charge is 2.33. The molecule has 0 aliphatic carbocycles. The number of hydrogen-bond acceptors (Lipinski definition) is 6. The quantitative estimate of drug-likeness (QED) is 0.772. The highest BCUT2D eigenvalue weighted by Crippen LogP contribution is 2.41. The lowest BCUT2D eigenvalue weighted by atomic mass is 10.0. The molecule has 6 nitrogen and oxygen atoms in total. The molecule has 140 valence electrons. The topological polar surface area (TPSA) is 77.2 Å². The number of nitrogens with zero attached hydrogens (tertiary/aromatic N) is 4. The van der Waals surface area contributed by atoms with Gasteiger partial charge in [-0.15, -0.1) is 0 Å². The number of aryl methyl sites for hydroxylation is 1. The van der Waals surface area contributed by atoms with E-state index in [1.165, 1.54) is 0 Å². The summed E-state index contributed by atoms with van der Waals surface area (Å²) >= 11 is 6.36. The van der Waals surface area contributed by atoms with Crippen molar-refractivity contribution >= 4 is 23.4 Å². The fourth-order valence-electron chi connectivity index (χ4n) is 3.71. The Hall–Kier alpha value is -2.08. The van der Waals surface area contributed by atoms with E-state index < -0.39 is 0 Å². The summed E-state index contributed by atoms with van der Waals surface area (Å²) in [4.78, 5) is 15.5. The number of nitrogens with two attached hydrogens (primary N) is 1. The number of aromatic nitrogens is 3. The Morgan fingerprint density at radius 1 is 1.35 bits per heavy atom. The van der Waals surface area contributed by atoms with Crippen LogP contribution in [0.3, 0.4) is 0 Å². The minimum Gasteiger partial charge on any atom is -0.496 e. The smallest absolute Gasteiger partial charge is 0.223 e. The van der Waals surface area contributed by atoms with Crippen LogP contribution < -0.4 is 15.4 Å². The number of anilines is 2. The van der Waals surface area contributed by atoms with E-state index in [1.807, 2.05) is 6.20 Å². The Bertz CT molecular complexity index is 811. The van der Waals surface area contributed by atoms with Gasteiger partial charge >= 0.3 is 0 Å². The maximum atomic E-state index is 6.36. The molecule has 0 saturated carbocycles. The molecule has 1 unspecified atom stereocenters. The lowest BCUT2D eigenvalue weighted by Crippen LogP contribution is -2.23. The average molecular weight is 376 g/mol. The van der Waals surface area contributed by atoms with E-state index in [-0.39, 0.29) is 5.95 Å². The molecule has 0 bridgehead atoms. The molecule has 2 aromatic heterocycles. The van der Waals surface area contributed by atoms with Gasteiger partial charge in [0.2, 0.25) is 5.95 Å². The van der Waals surface area contributed by atoms with Gasteiger partial charge in [-0.3, -0.25) is 4.98 Å². The zero-order valence-corrected chi connectivity index (χ0v) is 16.6. The second-order valence-electron chi connectivity index (χ2n) is 6.73. The first-order valence-electron chi connectivity index (χ1n) is 9.09. The number of fused-ring (bicyclic) bond motifs is 1. The molecule has 0 spiro atoms. The monoisotopic (exact) mass is 375 g/mol. The normalized spacial score (nSPS) is 16.0. The molecule has 3 heterocycles. The minimum absolute atomic E-state index is 0.205. The summed E-state index contributed by atoms with van der Waals surface area (Å²) in [5.74, 6) is 2.27. The van der Waals surface area contributed by atoms with Crippen molar-refractivity contribution in [3.8, 4) is 5.75 Å². The Kier molecular flexibility index (Phi) is 5.51. The number of nitrogen functional groups attached to an aromatic ring is 1. The standard InChI is InChI=1S/C19H26ClN5O/c1-5-7-13-8-22-14(11(3)16(13)26-4)10-25-9-12(6-2)15-17(20)23-19(21)24-18(15)25/h8,12H,5-7,9-10H2,1-4H3,(H2,21,23,24). The second kappa shape index (κ2) is 7.66. The van der Waals surface area contributed by atoms with Crippen LogP contribution in [0.5, 0.6) is 5.75 Å². The third-order valence-electron chi connectivity index (χ3n) is 5.04. The first kappa shape index (κ1) is 18.7. The van der Waals surface area contributed by atoms with Crippen molar-refractivity contribution in [2.24, 2.45) is 0 Å². The van der Waals surface area contributed by atoms with E-state index in [4.69, 9.17) is 27.1 Å². The highest BCUT2D eigenvalue weighted by atomic mass is 35.5. The fraction of sp³-hybridized carbons (Fsp3) is 0.526. The van der Waals surface area contributed by atoms with Crippen LogP contribution >= 0.6 is 11.6 Å². The van der Waals surface area contributed by atoms with Crippen molar-refractivity contribution in [3.05, 3.63) is 33.7 Å². The van der Waals surface area contributed by atoms with Crippen molar-refractivity contribution < 1.29 is 4.74 Å². The Morgan fingerprint density at radius 3 is 2.77 bits per heavy atom. The number of halogens is 1. The van der Waals surface area contributed by atoms with Gasteiger partial charge in [-0.1, -0.05) is 31.9 Å². The Labute approximate surface area is 159 Å². The van der Waals surface area contributed by atoms with E-state index in [9.17, 15) is 0 Å². The molecule has 7 heteroatoms. The van der Waals surface area contributed by atoms with Gasteiger partial charge in [0, 0.05) is 35.3 Å². The van der Waals surface area contributed by atoms with Crippen molar-refractivity contribution in [2.75, 3.05) is 24.3 Å². The van der Waals surface area contributed by atoms with Crippen LogP contribution in [0, 0.1) is 6.92 Å². The molecule has 3 rings (SSSR count). The van der Waals surface area contributed by atoms with Gasteiger partial charge in [0.1, 0.15) is 16.7 Å². The molecule has 0 aromatic carbocycles. The third kappa shape index (κ3) is 3.30. The van der Waals surface area contributed by atoms with E-state index in [0.29, 0.717) is 17.6 Å². The van der Waals surface area contributed by atoms with Gasteiger partial charge in [-0.2, -0.15) is 4.98 Å². The van der Waals surface area contributed by atoms with Crippen molar-refractivity contribution in [2.45, 2.75) is 52.5 Å². The van der Waals surface area contributed by atoms with Crippen molar-refractivity contribution in [1.29, 1.82) is 0 Å². The molecular weight excluding hydrogens is 350 g/mol. The summed E-state index contributed by atoms with van der Waals surface area (Å²) in [6.07, 6.45) is 4.92. The van der Waals surface area contributed by atoms with Crippen LogP contribution in [0.4, 0.5) is 11.8 Å². The van der Waals surface area contributed by atoms with Crippen molar-refractivity contribution in [3.63, 3.8) is 0 Å². The van der Waals surface area contributed by atoms with Gasteiger partial charge in [0.05, 0.1) is 19.3 Å². The number of methoxy groups -OCH3 is 1. The van der Waals surface area contributed by atoms with Crippen molar-refractivity contribution in [1.82, 2.24) is 15.0 Å². The predicted molar refractivity (Wildman–Crippen MR) is 105 cm³/mol. The SMILES string of the molecule is CCCc1cnc(CN2CC(CC)c3c(Cl)nc(N)nc32)c(C)c1OC. The Morgan fingerprint density at radius 2 is 2.12 bits per heavy atom. The first-order chi connectivity index (χ1) is 12.5. The second-order valence-corrected chi connectivity index (χ2v) is 7.09. The largest absolute Gasteiger partial charge is 0.496 e. The zero-order chi connectivity index (χ0) is 18.8. The van der Waals surface area contributed by atoms with Gasteiger partial charge in [0.25, 0.3) is 0 Å². The Balaban J connectivity index is 1.96. The molecule has 1 aliphatic heterocycles. The molecule has 26 heavy (non-hydrogen) atoms. The third-order valence-corrected chi connectivity index (χ3v) is 5.33. The first-order valence-corrected chi connectivity index (χ1v) is 9.47. The molecule has 2 N–H and O–H groups in total. The zero-order valence-electron chi connectivity index (χ0n) is 15.8. The maximum absolute atomic E-state index is 6.36. The minimum atomic E-state index is 0.205. The fourth-order valence-corrected chi connectivity index (χ4v) is 4.04. The van der Waals surface area contributed by atoms with Crippen LogP contribution in [0.1, 0.15) is 55.0 Å². The van der Waals surface area contributed by atoms with Crippen LogP contribution in [-0.4, -0.2) is 28.6 Å². The summed E-state index contributed by atoms with van der Waals surface area (Å²) in [6.45, 7) is 7.85. The lowest BCUT2D eigenvalue weighted by molar-refractivity contribution is 0.404. The van der Waals surface area contributed by atoms with Crippen LogP contribution in [0.2, 0.25) is 5.15 Å². The predicted octanol–water partition coefficient (Wildman–Crippen LogP) is 3.89. The van der Waals surface area contributed by atoms with Crippen LogP contribution in [0.15, 0.2) is 6.20 Å². The maximum Gasteiger partial charge on any atom is 0.223 e. The van der Waals surface area contributed by atoms with Gasteiger partial charge in [-0.25, -0.2) is 4.98 Å².